The topological polar surface area (TPSA) is 96.0 Å². The van der Waals surface area contributed by atoms with Gasteiger partial charge < -0.3 is 15.0 Å². The van der Waals surface area contributed by atoms with E-state index in [0.29, 0.717) is 16.5 Å². The van der Waals surface area contributed by atoms with Gasteiger partial charge in [0, 0.05) is 30.6 Å². The number of carbonyl (C=O) groups excluding carboxylic acids is 2. The normalized spacial score (nSPS) is 14.7. The second-order valence-corrected chi connectivity index (χ2v) is 12.3. The fourth-order valence-corrected chi connectivity index (χ4v) is 5.91. The molecule has 0 heterocycles. The third kappa shape index (κ3) is 8.25. The van der Waals surface area contributed by atoms with Crippen molar-refractivity contribution in [3.05, 3.63) is 58.1 Å². The zero-order valence-corrected chi connectivity index (χ0v) is 24.3. The molecular formula is C27H35Cl2N3O5S. The van der Waals surface area contributed by atoms with Crippen molar-refractivity contribution in [2.45, 2.75) is 64.1 Å². The number of nitrogens with zero attached hydrogens (tertiary/aromatic N) is 2. The van der Waals surface area contributed by atoms with E-state index in [1.54, 1.807) is 36.1 Å². The second-order valence-electron chi connectivity index (χ2n) is 9.57. The summed E-state index contributed by atoms with van der Waals surface area (Å²) < 4.78 is 31.4. The highest BCUT2D eigenvalue weighted by Gasteiger charge is 2.29. The Balaban J connectivity index is 1.72. The lowest BCUT2D eigenvalue weighted by Gasteiger charge is -2.30. The van der Waals surface area contributed by atoms with E-state index in [2.05, 4.69) is 5.32 Å². The molecule has 0 spiro atoms. The molecule has 8 nitrogen and oxygen atoms in total. The number of ether oxygens (including phenoxy) is 1. The highest BCUT2D eigenvalue weighted by atomic mass is 35.5. The van der Waals surface area contributed by atoms with Gasteiger partial charge in [0.1, 0.15) is 11.8 Å². The van der Waals surface area contributed by atoms with Crippen molar-refractivity contribution in [1.29, 1.82) is 0 Å². The molecule has 0 aromatic heterocycles. The number of rotatable bonds is 12. The average molecular weight is 585 g/mol. The van der Waals surface area contributed by atoms with Gasteiger partial charge in [0.15, 0.2) is 0 Å². The summed E-state index contributed by atoms with van der Waals surface area (Å²) in [5.41, 5.74) is 1.22. The molecule has 1 N–H and O–H groups in total. The summed E-state index contributed by atoms with van der Waals surface area (Å²) in [7, 11) is -2.16. The van der Waals surface area contributed by atoms with Crippen LogP contribution in [0.1, 0.15) is 51.0 Å². The van der Waals surface area contributed by atoms with Gasteiger partial charge in [-0.25, -0.2) is 8.42 Å². The number of anilines is 1. The lowest BCUT2D eigenvalue weighted by molar-refractivity contribution is -0.141. The third-order valence-electron chi connectivity index (χ3n) is 6.71. The molecule has 3 rings (SSSR count). The van der Waals surface area contributed by atoms with E-state index in [1.807, 2.05) is 12.1 Å². The van der Waals surface area contributed by atoms with Crippen molar-refractivity contribution >= 4 is 50.7 Å². The molecule has 1 aliphatic rings. The minimum Gasteiger partial charge on any atom is -0.495 e. The Morgan fingerprint density at radius 3 is 2.34 bits per heavy atom. The molecule has 0 bridgehead atoms. The first kappa shape index (κ1) is 30.1. The van der Waals surface area contributed by atoms with E-state index in [-0.39, 0.29) is 48.8 Å². The van der Waals surface area contributed by atoms with Crippen molar-refractivity contribution in [3.8, 4) is 5.75 Å². The molecule has 1 aliphatic carbocycles. The van der Waals surface area contributed by atoms with Crippen molar-refractivity contribution in [1.82, 2.24) is 10.2 Å². The van der Waals surface area contributed by atoms with Crippen molar-refractivity contribution in [2.75, 3.05) is 24.2 Å². The number of amides is 2. The standard InChI is InChI=1S/C27H35Cl2N3O5S/c1-19(27(34)30-22-7-4-5-8-22)31(18-20-10-12-21(28)13-11-20)26(33)9-6-16-32(38(3,35)36)23-14-15-25(37-2)24(29)17-23/h10-15,17,19,22H,4-9,16,18H2,1-3H3,(H,30,34). The summed E-state index contributed by atoms with van der Waals surface area (Å²) in [5, 5.41) is 3.94. The van der Waals surface area contributed by atoms with Crippen LogP contribution in [0.3, 0.4) is 0 Å². The van der Waals surface area contributed by atoms with Crippen molar-refractivity contribution < 1.29 is 22.7 Å². The summed E-state index contributed by atoms with van der Waals surface area (Å²) in [6, 6.07) is 11.3. The van der Waals surface area contributed by atoms with E-state index in [0.717, 1.165) is 37.5 Å². The highest BCUT2D eigenvalue weighted by molar-refractivity contribution is 7.92. The van der Waals surface area contributed by atoms with Crippen LogP contribution in [0, 0.1) is 0 Å². The van der Waals surface area contributed by atoms with Crippen LogP contribution in [0.5, 0.6) is 5.75 Å². The first-order valence-corrected chi connectivity index (χ1v) is 15.3. The molecule has 2 aromatic rings. The van der Waals surface area contributed by atoms with Gasteiger partial charge in [-0.05, 0) is 62.1 Å². The number of halogens is 2. The Hall–Kier alpha value is -2.49. The summed E-state index contributed by atoms with van der Waals surface area (Å²) in [4.78, 5) is 28.0. The second kappa shape index (κ2) is 13.5. The molecule has 1 unspecified atom stereocenters. The molecule has 208 valence electrons. The lowest BCUT2D eigenvalue weighted by atomic mass is 10.1. The molecule has 1 saturated carbocycles. The molecular weight excluding hydrogens is 549 g/mol. The van der Waals surface area contributed by atoms with Crippen molar-refractivity contribution in [3.63, 3.8) is 0 Å². The molecule has 0 radical (unpaired) electrons. The lowest BCUT2D eigenvalue weighted by Crippen LogP contribution is -2.49. The summed E-state index contributed by atoms with van der Waals surface area (Å²) in [6.07, 6.45) is 5.48. The van der Waals surface area contributed by atoms with E-state index in [1.165, 1.54) is 17.5 Å². The molecule has 0 saturated heterocycles. The monoisotopic (exact) mass is 583 g/mol. The van der Waals surface area contributed by atoms with Crippen molar-refractivity contribution in [2.24, 2.45) is 0 Å². The minimum absolute atomic E-state index is 0.0601. The van der Waals surface area contributed by atoms with E-state index in [4.69, 9.17) is 27.9 Å². The zero-order chi connectivity index (χ0) is 27.9. The Morgan fingerprint density at radius 2 is 1.76 bits per heavy atom. The number of nitrogens with one attached hydrogen (secondary N) is 1. The Bertz CT molecular complexity index is 1220. The molecule has 11 heteroatoms. The zero-order valence-electron chi connectivity index (χ0n) is 22.0. The predicted molar refractivity (Wildman–Crippen MR) is 151 cm³/mol. The Labute approximate surface area is 235 Å². The third-order valence-corrected chi connectivity index (χ3v) is 8.45. The van der Waals surface area contributed by atoms with Gasteiger partial charge in [-0.1, -0.05) is 48.2 Å². The number of benzene rings is 2. The van der Waals surface area contributed by atoms with E-state index < -0.39 is 16.1 Å². The smallest absolute Gasteiger partial charge is 0.242 e. The van der Waals surface area contributed by atoms with Gasteiger partial charge >= 0.3 is 0 Å². The molecule has 1 fully saturated rings. The minimum atomic E-state index is -3.64. The molecule has 2 amide bonds. The summed E-state index contributed by atoms with van der Waals surface area (Å²) in [6.45, 7) is 2.03. The van der Waals surface area contributed by atoms with Crippen LogP contribution in [0.15, 0.2) is 42.5 Å². The van der Waals surface area contributed by atoms with Crippen LogP contribution in [0.2, 0.25) is 10.0 Å². The fourth-order valence-electron chi connectivity index (χ4n) is 4.58. The van der Waals surface area contributed by atoms with Gasteiger partial charge in [-0.15, -0.1) is 0 Å². The highest BCUT2D eigenvalue weighted by Crippen LogP contribution is 2.30. The summed E-state index contributed by atoms with van der Waals surface area (Å²) in [5.74, 6) is 0.00171. The maximum Gasteiger partial charge on any atom is 0.242 e. The van der Waals surface area contributed by atoms with Gasteiger partial charge in [0.25, 0.3) is 0 Å². The first-order chi connectivity index (χ1) is 18.0. The van der Waals surface area contributed by atoms with Crippen LogP contribution in [0.4, 0.5) is 5.69 Å². The van der Waals surface area contributed by atoms with Gasteiger partial charge in [-0.2, -0.15) is 0 Å². The van der Waals surface area contributed by atoms with Crippen LogP contribution in [-0.4, -0.2) is 57.1 Å². The van der Waals surface area contributed by atoms with E-state index in [9.17, 15) is 18.0 Å². The van der Waals surface area contributed by atoms with Gasteiger partial charge in [0.2, 0.25) is 21.8 Å². The molecule has 2 aromatic carbocycles. The molecule has 1 atom stereocenters. The average Bonchev–Trinajstić information content (AvgIpc) is 3.38. The first-order valence-electron chi connectivity index (χ1n) is 12.6. The SMILES string of the molecule is COc1ccc(N(CCCC(=O)N(Cc2ccc(Cl)cc2)C(C)C(=O)NC2CCCC2)S(C)(=O)=O)cc1Cl. The van der Waals surface area contributed by atoms with Crippen LogP contribution >= 0.6 is 23.2 Å². The number of carbonyl (C=O) groups is 2. The maximum absolute atomic E-state index is 13.4. The largest absolute Gasteiger partial charge is 0.495 e. The van der Waals surface area contributed by atoms with Crippen LogP contribution < -0.4 is 14.4 Å². The fraction of sp³-hybridized carbons (Fsp3) is 0.481. The van der Waals surface area contributed by atoms with Crippen LogP contribution in [-0.2, 0) is 26.2 Å². The number of hydrogen-bond acceptors (Lipinski definition) is 5. The number of hydrogen-bond donors (Lipinski definition) is 1. The van der Waals surface area contributed by atoms with E-state index >= 15 is 0 Å². The quantitative estimate of drug-likeness (QED) is 0.378. The Kier molecular flexibility index (Phi) is 10.7. The van der Waals surface area contributed by atoms with Gasteiger partial charge in [-0.3, -0.25) is 13.9 Å². The van der Waals surface area contributed by atoms with Gasteiger partial charge in [0.05, 0.1) is 24.1 Å². The van der Waals surface area contributed by atoms with Crippen LogP contribution in [0.25, 0.3) is 0 Å². The molecule has 0 aliphatic heterocycles. The molecule has 38 heavy (non-hydrogen) atoms. The number of methoxy groups -OCH3 is 1. The summed E-state index contributed by atoms with van der Waals surface area (Å²) >= 11 is 12.2. The number of sulfonamides is 1. The predicted octanol–water partition coefficient (Wildman–Crippen LogP) is 5.02. The maximum atomic E-state index is 13.4. The Morgan fingerprint density at radius 1 is 1.11 bits per heavy atom.